The molecule has 0 radical (unpaired) electrons. The average Bonchev–Trinajstić information content (AvgIpc) is 2.79. The molecule has 0 saturated heterocycles. The zero-order chi connectivity index (χ0) is 14.8. The van der Waals surface area contributed by atoms with Crippen LogP contribution >= 0.6 is 0 Å². The first-order valence-corrected chi connectivity index (χ1v) is 6.06. The molecule has 8 heteroatoms. The molecule has 0 fully saturated rings. The zero-order valence-electron chi connectivity index (χ0n) is 10.9. The molecule has 0 unspecified atom stereocenters. The van der Waals surface area contributed by atoms with Gasteiger partial charge in [0.1, 0.15) is 0 Å². The summed E-state index contributed by atoms with van der Waals surface area (Å²) >= 11 is 0. The van der Waals surface area contributed by atoms with Gasteiger partial charge in [-0.05, 0) is 35.9 Å². The van der Waals surface area contributed by atoms with Gasteiger partial charge in [0.2, 0.25) is 0 Å². The van der Waals surface area contributed by atoms with Gasteiger partial charge in [0, 0.05) is 24.2 Å². The van der Waals surface area contributed by atoms with E-state index in [0.29, 0.717) is 17.1 Å². The van der Waals surface area contributed by atoms with Crippen LogP contribution in [-0.2, 0) is 6.54 Å². The van der Waals surface area contributed by atoms with E-state index in [-0.39, 0.29) is 13.0 Å². The van der Waals surface area contributed by atoms with Crippen molar-refractivity contribution in [1.29, 1.82) is 0 Å². The largest absolute Gasteiger partial charge is 0.398 e. The lowest BCUT2D eigenvalue weighted by atomic mass is 10.1. The third-order valence-electron chi connectivity index (χ3n) is 2.81. The number of aryl methyl sites for hydroxylation is 2. The van der Waals surface area contributed by atoms with Crippen molar-refractivity contribution < 1.29 is 13.2 Å². The molecule has 1 heterocycles. The van der Waals surface area contributed by atoms with Gasteiger partial charge in [-0.2, -0.15) is 13.2 Å². The second-order valence-corrected chi connectivity index (χ2v) is 4.54. The molecule has 2 rings (SSSR count). The predicted octanol–water partition coefficient (Wildman–Crippen LogP) is 2.57. The van der Waals surface area contributed by atoms with E-state index in [4.69, 9.17) is 5.73 Å². The van der Waals surface area contributed by atoms with Crippen molar-refractivity contribution in [3.05, 3.63) is 23.8 Å². The first kappa shape index (κ1) is 14.3. The number of nitrogens with two attached hydrogens (primary N) is 1. The summed E-state index contributed by atoms with van der Waals surface area (Å²) in [5.74, 6) is 0.383. The Labute approximate surface area is 113 Å². The Morgan fingerprint density at radius 1 is 1.30 bits per heavy atom. The monoisotopic (exact) mass is 285 g/mol. The average molecular weight is 285 g/mol. The van der Waals surface area contributed by atoms with E-state index >= 15 is 0 Å². The molecule has 1 aromatic carbocycles. The number of benzene rings is 1. The summed E-state index contributed by atoms with van der Waals surface area (Å²) in [6, 6.07) is 5.37. The first-order valence-electron chi connectivity index (χ1n) is 6.06. The van der Waals surface area contributed by atoms with Crippen molar-refractivity contribution in [3.8, 4) is 11.4 Å². The summed E-state index contributed by atoms with van der Waals surface area (Å²) in [5, 5.41) is 11.1. The highest BCUT2D eigenvalue weighted by Crippen LogP contribution is 2.26. The number of tetrazole rings is 1. The van der Waals surface area contributed by atoms with Crippen LogP contribution in [0.25, 0.3) is 11.4 Å². The molecule has 2 N–H and O–H groups in total. The van der Waals surface area contributed by atoms with Gasteiger partial charge in [0.05, 0.1) is 0 Å². The smallest absolute Gasteiger partial charge is 0.389 e. The lowest BCUT2D eigenvalue weighted by molar-refractivity contribution is -0.136. The Hall–Kier alpha value is -2.12. The Morgan fingerprint density at radius 3 is 2.75 bits per heavy atom. The van der Waals surface area contributed by atoms with Gasteiger partial charge in [-0.3, -0.25) is 0 Å². The Balaban J connectivity index is 2.18. The lowest BCUT2D eigenvalue weighted by Crippen LogP contribution is -2.11. The number of aromatic nitrogens is 4. The molecule has 108 valence electrons. The number of halogens is 3. The number of nitrogens with zero attached hydrogens (tertiary/aromatic N) is 4. The van der Waals surface area contributed by atoms with Crippen LogP contribution in [0.1, 0.15) is 18.4 Å². The van der Waals surface area contributed by atoms with Crippen LogP contribution in [0.2, 0.25) is 0 Å². The third-order valence-corrected chi connectivity index (χ3v) is 2.81. The van der Waals surface area contributed by atoms with Crippen LogP contribution in [0.4, 0.5) is 18.9 Å². The molecule has 0 spiro atoms. The molecule has 0 aliphatic heterocycles. The quantitative estimate of drug-likeness (QED) is 0.876. The molecule has 1 aromatic heterocycles. The number of alkyl halides is 3. The SMILES string of the molecule is Cc1ccc(N)c(-c2nnnn2CCCC(F)(F)F)c1. The normalized spacial score (nSPS) is 11.8. The van der Waals surface area contributed by atoms with Gasteiger partial charge in [-0.25, -0.2) is 4.68 Å². The second kappa shape index (κ2) is 5.48. The Morgan fingerprint density at radius 2 is 2.05 bits per heavy atom. The van der Waals surface area contributed by atoms with Crippen LogP contribution in [0.15, 0.2) is 18.2 Å². The van der Waals surface area contributed by atoms with Crippen LogP contribution in [0, 0.1) is 6.92 Å². The number of hydrogen-bond donors (Lipinski definition) is 1. The molecule has 0 atom stereocenters. The maximum Gasteiger partial charge on any atom is 0.389 e. The van der Waals surface area contributed by atoms with E-state index in [1.54, 1.807) is 12.1 Å². The first-order chi connectivity index (χ1) is 9.37. The predicted molar refractivity (Wildman–Crippen MR) is 67.7 cm³/mol. The van der Waals surface area contributed by atoms with Crippen LogP contribution in [0.5, 0.6) is 0 Å². The number of nitrogen functional groups attached to an aromatic ring is 1. The van der Waals surface area contributed by atoms with Crippen molar-refractivity contribution in [2.45, 2.75) is 32.5 Å². The van der Waals surface area contributed by atoms with E-state index in [2.05, 4.69) is 15.5 Å². The maximum absolute atomic E-state index is 12.1. The fraction of sp³-hybridized carbons (Fsp3) is 0.417. The minimum atomic E-state index is -4.17. The fourth-order valence-corrected chi connectivity index (χ4v) is 1.84. The van der Waals surface area contributed by atoms with Gasteiger partial charge >= 0.3 is 6.18 Å². The van der Waals surface area contributed by atoms with E-state index in [9.17, 15) is 13.2 Å². The third kappa shape index (κ3) is 3.46. The van der Waals surface area contributed by atoms with E-state index in [1.807, 2.05) is 13.0 Å². The molecule has 0 aliphatic carbocycles. The van der Waals surface area contributed by atoms with Gasteiger partial charge in [-0.1, -0.05) is 11.6 Å². The Kier molecular flexibility index (Phi) is 3.91. The zero-order valence-corrected chi connectivity index (χ0v) is 10.9. The number of anilines is 1. The van der Waals surface area contributed by atoms with Gasteiger partial charge in [-0.15, -0.1) is 5.10 Å². The van der Waals surface area contributed by atoms with E-state index in [1.165, 1.54) is 4.68 Å². The molecule has 0 saturated carbocycles. The molecular formula is C12H14F3N5. The van der Waals surface area contributed by atoms with Crippen LogP contribution in [-0.4, -0.2) is 26.4 Å². The highest BCUT2D eigenvalue weighted by atomic mass is 19.4. The number of rotatable bonds is 4. The fourth-order valence-electron chi connectivity index (χ4n) is 1.84. The summed E-state index contributed by atoms with van der Waals surface area (Å²) in [7, 11) is 0. The van der Waals surface area contributed by atoms with Gasteiger partial charge in [0.25, 0.3) is 0 Å². The molecule has 0 bridgehead atoms. The van der Waals surface area contributed by atoms with Crippen molar-refractivity contribution in [1.82, 2.24) is 20.2 Å². The van der Waals surface area contributed by atoms with Crippen molar-refractivity contribution in [2.24, 2.45) is 0 Å². The van der Waals surface area contributed by atoms with Gasteiger partial charge < -0.3 is 5.73 Å². The van der Waals surface area contributed by atoms with E-state index in [0.717, 1.165) is 5.56 Å². The molecule has 0 aliphatic rings. The molecule has 0 amide bonds. The molecular weight excluding hydrogens is 271 g/mol. The number of hydrogen-bond acceptors (Lipinski definition) is 4. The molecule has 2 aromatic rings. The van der Waals surface area contributed by atoms with Gasteiger partial charge in [0.15, 0.2) is 5.82 Å². The highest BCUT2D eigenvalue weighted by Gasteiger charge is 2.26. The minimum absolute atomic E-state index is 0.0761. The topological polar surface area (TPSA) is 69.6 Å². The summed E-state index contributed by atoms with van der Waals surface area (Å²) < 4.78 is 37.8. The van der Waals surface area contributed by atoms with Crippen molar-refractivity contribution >= 4 is 5.69 Å². The standard InChI is InChI=1S/C12H14F3N5/c1-8-3-4-10(16)9(7-8)11-17-18-19-20(11)6-2-5-12(13,14)15/h3-4,7H,2,5-6,16H2,1H3. The van der Waals surface area contributed by atoms with Crippen LogP contribution in [0.3, 0.4) is 0 Å². The molecule has 20 heavy (non-hydrogen) atoms. The summed E-state index contributed by atoms with van der Waals surface area (Å²) in [6.07, 6.45) is -5.11. The Bertz CT molecular complexity index is 591. The summed E-state index contributed by atoms with van der Waals surface area (Å²) in [6.45, 7) is 1.98. The van der Waals surface area contributed by atoms with Crippen LogP contribution < -0.4 is 5.73 Å². The molecule has 5 nitrogen and oxygen atoms in total. The van der Waals surface area contributed by atoms with Crippen molar-refractivity contribution in [3.63, 3.8) is 0 Å². The lowest BCUT2D eigenvalue weighted by Gasteiger charge is -2.09. The summed E-state index contributed by atoms with van der Waals surface area (Å²) in [5.41, 5.74) is 7.95. The summed E-state index contributed by atoms with van der Waals surface area (Å²) in [4.78, 5) is 0. The van der Waals surface area contributed by atoms with E-state index < -0.39 is 12.6 Å². The maximum atomic E-state index is 12.1. The minimum Gasteiger partial charge on any atom is -0.398 e. The van der Waals surface area contributed by atoms with Crippen molar-refractivity contribution in [2.75, 3.05) is 5.73 Å². The highest BCUT2D eigenvalue weighted by molar-refractivity contribution is 5.71. The second-order valence-electron chi connectivity index (χ2n) is 4.54.